The molecule has 9 nitrogen and oxygen atoms in total. The number of aromatic nitrogens is 5. The van der Waals surface area contributed by atoms with E-state index in [2.05, 4.69) is 30.1 Å². The molecule has 0 saturated heterocycles. The summed E-state index contributed by atoms with van der Waals surface area (Å²) in [6.45, 7) is 0. The van der Waals surface area contributed by atoms with Crippen LogP contribution in [0.3, 0.4) is 0 Å². The van der Waals surface area contributed by atoms with Gasteiger partial charge in [0.1, 0.15) is 0 Å². The Labute approximate surface area is 112 Å². The quantitative estimate of drug-likeness (QED) is 0.731. The molecule has 0 spiro atoms. The summed E-state index contributed by atoms with van der Waals surface area (Å²) < 4.78 is 14.5. The number of nitrogen functional groups attached to an aromatic ring is 1. The van der Waals surface area contributed by atoms with Gasteiger partial charge in [0.25, 0.3) is 5.89 Å². The molecule has 0 saturated carbocycles. The molecule has 102 valence electrons. The first-order valence-electron chi connectivity index (χ1n) is 5.66. The third kappa shape index (κ3) is 2.28. The molecule has 20 heavy (non-hydrogen) atoms. The van der Waals surface area contributed by atoms with Crippen molar-refractivity contribution in [1.82, 2.24) is 25.4 Å². The number of nitrogens with two attached hydrogens (primary N) is 1. The lowest BCUT2D eigenvalue weighted by Crippen LogP contribution is -1.94. The van der Waals surface area contributed by atoms with Crippen molar-refractivity contribution in [3.05, 3.63) is 29.7 Å². The Balaban J connectivity index is 1.78. The number of ether oxygens (including phenoxy) is 1. The molecule has 9 heteroatoms. The van der Waals surface area contributed by atoms with Crippen LogP contribution in [-0.2, 0) is 6.42 Å². The minimum atomic E-state index is 0.103. The number of hydrogen-bond donors (Lipinski definition) is 1. The maximum Gasteiger partial charge on any atom is 0.284 e. The van der Waals surface area contributed by atoms with E-state index in [1.165, 1.54) is 0 Å². The maximum atomic E-state index is 5.55. The molecule has 3 aromatic heterocycles. The number of rotatable bonds is 4. The lowest BCUT2D eigenvalue weighted by Gasteiger charge is -1.99. The zero-order chi connectivity index (χ0) is 13.9. The number of methoxy groups -OCH3 is 1. The molecule has 0 aliphatic rings. The van der Waals surface area contributed by atoms with E-state index < -0.39 is 0 Å². The smallest absolute Gasteiger partial charge is 0.284 e. The summed E-state index contributed by atoms with van der Waals surface area (Å²) in [6.07, 6.45) is 2.15. The van der Waals surface area contributed by atoms with Gasteiger partial charge in [0, 0.05) is 18.7 Å². The Hall–Kier alpha value is -2.97. The lowest BCUT2D eigenvalue weighted by atomic mass is 10.2. The highest BCUT2D eigenvalue weighted by Gasteiger charge is 2.17. The van der Waals surface area contributed by atoms with Gasteiger partial charge in [-0.2, -0.15) is 4.98 Å². The maximum absolute atomic E-state index is 5.55. The highest BCUT2D eigenvalue weighted by Crippen LogP contribution is 2.20. The second-order valence-electron chi connectivity index (χ2n) is 3.90. The summed E-state index contributed by atoms with van der Waals surface area (Å²) in [5.41, 5.74) is 6.70. The van der Waals surface area contributed by atoms with Crippen molar-refractivity contribution in [2.24, 2.45) is 0 Å². The van der Waals surface area contributed by atoms with Crippen molar-refractivity contribution in [3.8, 4) is 17.5 Å². The summed E-state index contributed by atoms with van der Waals surface area (Å²) in [5.74, 6) is 1.30. The van der Waals surface area contributed by atoms with E-state index >= 15 is 0 Å². The predicted octanol–water partition coefficient (Wildman–Crippen LogP) is 0.696. The number of pyridine rings is 1. The van der Waals surface area contributed by atoms with Crippen LogP contribution in [0, 0.1) is 0 Å². The van der Waals surface area contributed by atoms with Crippen molar-refractivity contribution in [2.45, 2.75) is 6.42 Å². The van der Waals surface area contributed by atoms with Crippen LogP contribution in [0.1, 0.15) is 11.4 Å². The molecule has 2 N–H and O–H groups in total. The first-order valence-corrected chi connectivity index (χ1v) is 5.66. The normalized spacial score (nSPS) is 10.7. The largest absolute Gasteiger partial charge is 0.481 e. The van der Waals surface area contributed by atoms with Crippen LogP contribution in [0.15, 0.2) is 27.5 Å². The minimum absolute atomic E-state index is 0.103. The first kappa shape index (κ1) is 12.1. The number of hydrogen-bond acceptors (Lipinski definition) is 9. The van der Waals surface area contributed by atoms with Gasteiger partial charge in [-0.3, -0.25) is 0 Å². The number of anilines is 1. The minimum Gasteiger partial charge on any atom is -0.481 e. The van der Waals surface area contributed by atoms with E-state index in [9.17, 15) is 0 Å². The molecular weight excluding hydrogens is 264 g/mol. The lowest BCUT2D eigenvalue weighted by molar-refractivity contribution is 0.308. The molecule has 0 amide bonds. The molecule has 0 fully saturated rings. The van der Waals surface area contributed by atoms with Gasteiger partial charge in [-0.15, -0.1) is 0 Å². The zero-order valence-corrected chi connectivity index (χ0v) is 10.5. The first-order chi connectivity index (χ1) is 9.76. The van der Waals surface area contributed by atoms with Crippen molar-refractivity contribution in [3.63, 3.8) is 0 Å². The second kappa shape index (κ2) is 4.96. The molecule has 0 aliphatic heterocycles. The molecule has 3 rings (SSSR count). The standard InChI is InChI=1S/C11H10N6O3/c1-18-8-3-2-6(5-13-8)4-7-14-11(19-15-7)9-10(12)17-20-16-9/h2-3,5H,4H2,1H3,(H2,12,17). The van der Waals surface area contributed by atoms with E-state index in [-0.39, 0.29) is 17.4 Å². The molecule has 0 aromatic carbocycles. The van der Waals surface area contributed by atoms with Gasteiger partial charge in [0.2, 0.25) is 17.4 Å². The van der Waals surface area contributed by atoms with Crippen molar-refractivity contribution in [1.29, 1.82) is 0 Å². The van der Waals surface area contributed by atoms with Gasteiger partial charge in [0.15, 0.2) is 5.82 Å². The van der Waals surface area contributed by atoms with Gasteiger partial charge in [-0.25, -0.2) is 9.61 Å². The molecule has 3 heterocycles. The highest BCUT2D eigenvalue weighted by atomic mass is 16.6. The molecule has 0 aliphatic carbocycles. The Kier molecular flexibility index (Phi) is 2.99. The SMILES string of the molecule is COc1ccc(Cc2noc(-c3nonc3N)n2)cn1. The van der Waals surface area contributed by atoms with E-state index in [0.29, 0.717) is 18.1 Å². The van der Waals surface area contributed by atoms with E-state index in [4.69, 9.17) is 15.0 Å². The van der Waals surface area contributed by atoms with Crippen LogP contribution in [0.4, 0.5) is 5.82 Å². The fourth-order valence-corrected chi connectivity index (χ4v) is 1.58. The van der Waals surface area contributed by atoms with Crippen LogP contribution < -0.4 is 10.5 Å². The Morgan fingerprint density at radius 1 is 1.25 bits per heavy atom. The third-order valence-corrected chi connectivity index (χ3v) is 2.55. The summed E-state index contributed by atoms with van der Waals surface area (Å²) in [5, 5.41) is 10.9. The molecule has 0 unspecified atom stereocenters. The Bertz CT molecular complexity index is 705. The van der Waals surface area contributed by atoms with Gasteiger partial charge in [-0.05, 0) is 15.9 Å². The highest BCUT2D eigenvalue weighted by molar-refractivity contribution is 5.60. The Morgan fingerprint density at radius 3 is 2.80 bits per heavy atom. The van der Waals surface area contributed by atoms with Crippen molar-refractivity contribution in [2.75, 3.05) is 12.8 Å². The Morgan fingerprint density at radius 2 is 2.15 bits per heavy atom. The summed E-state index contributed by atoms with van der Waals surface area (Å²) in [4.78, 5) is 8.27. The van der Waals surface area contributed by atoms with Gasteiger partial charge in [0.05, 0.1) is 7.11 Å². The zero-order valence-electron chi connectivity index (χ0n) is 10.5. The van der Waals surface area contributed by atoms with Gasteiger partial charge < -0.3 is 15.0 Å². The molecular formula is C11H10N6O3. The fraction of sp³-hybridized carbons (Fsp3) is 0.182. The van der Waals surface area contributed by atoms with Crippen LogP contribution in [0.5, 0.6) is 5.88 Å². The van der Waals surface area contributed by atoms with Crippen LogP contribution in [0.25, 0.3) is 11.6 Å². The van der Waals surface area contributed by atoms with Crippen LogP contribution >= 0.6 is 0 Å². The van der Waals surface area contributed by atoms with E-state index in [1.807, 2.05) is 6.07 Å². The van der Waals surface area contributed by atoms with E-state index in [1.54, 1.807) is 19.4 Å². The number of nitrogens with zero attached hydrogens (tertiary/aromatic N) is 5. The average molecular weight is 274 g/mol. The molecule has 0 atom stereocenters. The van der Waals surface area contributed by atoms with Gasteiger partial charge >= 0.3 is 0 Å². The van der Waals surface area contributed by atoms with Crippen molar-refractivity contribution < 1.29 is 13.9 Å². The van der Waals surface area contributed by atoms with Gasteiger partial charge in [-0.1, -0.05) is 11.2 Å². The monoisotopic (exact) mass is 274 g/mol. The molecule has 0 bridgehead atoms. The van der Waals surface area contributed by atoms with E-state index in [0.717, 1.165) is 5.56 Å². The predicted molar refractivity (Wildman–Crippen MR) is 65.6 cm³/mol. The topological polar surface area (TPSA) is 126 Å². The van der Waals surface area contributed by atoms with Crippen LogP contribution in [-0.4, -0.2) is 32.5 Å². The van der Waals surface area contributed by atoms with Crippen LogP contribution in [0.2, 0.25) is 0 Å². The molecule has 0 radical (unpaired) electrons. The summed E-state index contributed by atoms with van der Waals surface area (Å²) in [7, 11) is 1.56. The molecule has 3 aromatic rings. The third-order valence-electron chi connectivity index (χ3n) is 2.55. The average Bonchev–Trinajstić information content (AvgIpc) is 3.08. The summed E-state index contributed by atoms with van der Waals surface area (Å²) in [6, 6.07) is 3.63. The van der Waals surface area contributed by atoms with Crippen molar-refractivity contribution >= 4 is 5.82 Å². The summed E-state index contributed by atoms with van der Waals surface area (Å²) >= 11 is 0. The fourth-order valence-electron chi connectivity index (χ4n) is 1.58. The second-order valence-corrected chi connectivity index (χ2v) is 3.90.